The molecule has 0 saturated heterocycles. The number of sulfonamides is 1. The van der Waals surface area contributed by atoms with E-state index in [1.54, 1.807) is 38.3 Å². The van der Waals surface area contributed by atoms with Gasteiger partial charge < -0.3 is 14.8 Å². The Bertz CT molecular complexity index is 928. The van der Waals surface area contributed by atoms with Crippen molar-refractivity contribution in [3.05, 3.63) is 54.1 Å². The van der Waals surface area contributed by atoms with E-state index in [4.69, 9.17) is 9.47 Å². The number of hydrogen-bond acceptors (Lipinski definition) is 5. The van der Waals surface area contributed by atoms with Crippen molar-refractivity contribution in [2.75, 3.05) is 24.8 Å². The zero-order chi connectivity index (χ0) is 21.6. The topological polar surface area (TPSA) is 84.9 Å². The second-order valence-corrected chi connectivity index (χ2v) is 8.54. The first-order valence-electron chi connectivity index (χ1n) is 9.29. The fraction of sp³-hybridized carbons (Fsp3) is 0.381. The summed E-state index contributed by atoms with van der Waals surface area (Å²) >= 11 is 0. The minimum atomic E-state index is -3.70. The normalized spacial score (nSPS) is 13.3. The van der Waals surface area contributed by atoms with Crippen molar-refractivity contribution in [3.8, 4) is 11.5 Å². The monoisotopic (exact) mass is 420 g/mol. The molecule has 0 fully saturated rings. The van der Waals surface area contributed by atoms with Crippen molar-refractivity contribution in [1.82, 2.24) is 5.32 Å². The van der Waals surface area contributed by atoms with E-state index >= 15 is 0 Å². The summed E-state index contributed by atoms with van der Waals surface area (Å²) in [6.45, 7) is 3.52. The molecule has 0 spiro atoms. The summed E-state index contributed by atoms with van der Waals surface area (Å²) in [5, 5.41) is 2.95. The molecule has 8 heteroatoms. The van der Waals surface area contributed by atoms with Crippen molar-refractivity contribution in [3.63, 3.8) is 0 Å². The number of rotatable bonds is 9. The molecule has 1 N–H and O–H groups in total. The molecule has 2 rings (SSSR count). The number of hydrogen-bond donors (Lipinski definition) is 1. The molecule has 29 heavy (non-hydrogen) atoms. The van der Waals surface area contributed by atoms with E-state index in [-0.39, 0.29) is 11.9 Å². The van der Waals surface area contributed by atoms with E-state index < -0.39 is 16.1 Å². The van der Waals surface area contributed by atoms with Crippen molar-refractivity contribution >= 4 is 21.6 Å². The maximum atomic E-state index is 13.0. The molecule has 0 bridgehead atoms. The molecule has 2 atom stereocenters. The third kappa shape index (κ3) is 5.63. The molecule has 2 aromatic carbocycles. The van der Waals surface area contributed by atoms with Gasteiger partial charge in [0.05, 0.1) is 32.2 Å². The van der Waals surface area contributed by atoms with E-state index in [1.165, 1.54) is 7.11 Å². The van der Waals surface area contributed by atoms with Crippen LogP contribution in [-0.4, -0.2) is 40.8 Å². The van der Waals surface area contributed by atoms with E-state index in [0.717, 1.165) is 21.9 Å². The van der Waals surface area contributed by atoms with Crippen LogP contribution >= 0.6 is 0 Å². The smallest absolute Gasteiger partial charge is 0.244 e. The highest BCUT2D eigenvalue weighted by atomic mass is 32.2. The highest BCUT2D eigenvalue weighted by molar-refractivity contribution is 7.92. The van der Waals surface area contributed by atoms with Crippen LogP contribution in [0.5, 0.6) is 11.5 Å². The van der Waals surface area contributed by atoms with Gasteiger partial charge in [-0.05, 0) is 43.2 Å². The van der Waals surface area contributed by atoms with Gasteiger partial charge in [0.1, 0.15) is 17.5 Å². The molecule has 0 heterocycles. The number of nitrogens with zero attached hydrogens (tertiary/aromatic N) is 1. The average molecular weight is 421 g/mol. The summed E-state index contributed by atoms with van der Waals surface area (Å²) in [6, 6.07) is 12.9. The Balaban J connectivity index is 2.27. The number of benzene rings is 2. The van der Waals surface area contributed by atoms with Crippen molar-refractivity contribution < 1.29 is 22.7 Å². The van der Waals surface area contributed by atoms with Crippen LogP contribution in [0.15, 0.2) is 48.5 Å². The van der Waals surface area contributed by atoms with E-state index in [0.29, 0.717) is 17.9 Å². The lowest BCUT2D eigenvalue weighted by Gasteiger charge is -2.30. The lowest BCUT2D eigenvalue weighted by Crippen LogP contribution is -2.48. The highest BCUT2D eigenvalue weighted by Gasteiger charge is 2.30. The van der Waals surface area contributed by atoms with Gasteiger partial charge >= 0.3 is 0 Å². The fourth-order valence-electron chi connectivity index (χ4n) is 3.11. The van der Waals surface area contributed by atoms with Crippen LogP contribution in [0.2, 0.25) is 0 Å². The van der Waals surface area contributed by atoms with Gasteiger partial charge in [-0.25, -0.2) is 8.42 Å². The van der Waals surface area contributed by atoms with Crippen molar-refractivity contribution in [2.45, 2.75) is 32.4 Å². The van der Waals surface area contributed by atoms with Crippen LogP contribution in [0.25, 0.3) is 0 Å². The first-order chi connectivity index (χ1) is 13.7. The van der Waals surface area contributed by atoms with Crippen molar-refractivity contribution in [1.29, 1.82) is 0 Å². The molecule has 0 aromatic heterocycles. The molecule has 2 unspecified atom stereocenters. The Labute approximate surface area is 172 Å². The van der Waals surface area contributed by atoms with Crippen LogP contribution in [0.4, 0.5) is 5.69 Å². The summed E-state index contributed by atoms with van der Waals surface area (Å²) in [7, 11) is -0.611. The number of nitrogens with one attached hydrogen (secondary N) is 1. The maximum Gasteiger partial charge on any atom is 0.244 e. The molecule has 0 aliphatic heterocycles. The molecule has 0 aliphatic rings. The zero-order valence-corrected chi connectivity index (χ0v) is 18.2. The quantitative estimate of drug-likeness (QED) is 0.674. The van der Waals surface area contributed by atoms with Gasteiger partial charge in [-0.2, -0.15) is 0 Å². The van der Waals surface area contributed by atoms with E-state index in [9.17, 15) is 13.2 Å². The second kappa shape index (κ2) is 9.65. The predicted molar refractivity (Wildman–Crippen MR) is 114 cm³/mol. The van der Waals surface area contributed by atoms with Crippen LogP contribution in [0.1, 0.15) is 31.9 Å². The standard InChI is InChI=1S/C21H28N2O5S/c1-6-20(16-10-12-18(27-3)13-11-16)22-21(24)15(2)23(29(5,25)26)17-8-7-9-19(14-17)28-4/h7-15,20H,6H2,1-5H3,(H,22,24). The Morgan fingerprint density at radius 1 is 1.07 bits per heavy atom. The lowest BCUT2D eigenvalue weighted by molar-refractivity contribution is -0.122. The minimum absolute atomic E-state index is 0.248. The largest absolute Gasteiger partial charge is 0.497 e. The van der Waals surface area contributed by atoms with Gasteiger partial charge in [-0.15, -0.1) is 0 Å². The summed E-state index contributed by atoms with van der Waals surface area (Å²) in [6.07, 6.45) is 1.74. The third-order valence-electron chi connectivity index (χ3n) is 4.64. The van der Waals surface area contributed by atoms with E-state index in [2.05, 4.69) is 5.32 Å². The van der Waals surface area contributed by atoms with Gasteiger partial charge in [0.25, 0.3) is 0 Å². The highest BCUT2D eigenvalue weighted by Crippen LogP contribution is 2.26. The van der Waals surface area contributed by atoms with Gasteiger partial charge in [0.2, 0.25) is 15.9 Å². The molecule has 0 radical (unpaired) electrons. The third-order valence-corrected chi connectivity index (χ3v) is 5.88. The van der Waals surface area contributed by atoms with Crippen LogP contribution in [0.3, 0.4) is 0 Å². The molecule has 0 aliphatic carbocycles. The van der Waals surface area contributed by atoms with Crippen molar-refractivity contribution in [2.24, 2.45) is 0 Å². The molecule has 1 amide bonds. The summed E-state index contributed by atoms with van der Waals surface area (Å²) in [5.41, 5.74) is 1.29. The SMILES string of the molecule is CCC(NC(=O)C(C)N(c1cccc(OC)c1)S(C)(=O)=O)c1ccc(OC)cc1. The molecular formula is C21H28N2O5S. The Hall–Kier alpha value is -2.74. The number of anilines is 1. The maximum absolute atomic E-state index is 13.0. The number of methoxy groups -OCH3 is 2. The van der Waals surface area contributed by atoms with Gasteiger partial charge in [0.15, 0.2) is 0 Å². The first-order valence-corrected chi connectivity index (χ1v) is 11.1. The fourth-order valence-corrected chi connectivity index (χ4v) is 4.27. The first kappa shape index (κ1) is 22.5. The number of amides is 1. The molecule has 0 saturated carbocycles. The molecule has 158 valence electrons. The van der Waals surface area contributed by atoms with Gasteiger partial charge in [0, 0.05) is 6.07 Å². The average Bonchev–Trinajstić information content (AvgIpc) is 2.71. The summed E-state index contributed by atoms with van der Waals surface area (Å²) in [4.78, 5) is 13.0. The van der Waals surface area contributed by atoms with Gasteiger partial charge in [-0.1, -0.05) is 25.1 Å². The summed E-state index contributed by atoms with van der Waals surface area (Å²) in [5.74, 6) is 0.846. The lowest BCUT2D eigenvalue weighted by atomic mass is 10.0. The Kier molecular flexibility index (Phi) is 7.50. The molecule has 7 nitrogen and oxygen atoms in total. The number of ether oxygens (including phenoxy) is 2. The van der Waals surface area contributed by atoms with Gasteiger partial charge in [-0.3, -0.25) is 9.10 Å². The molecule has 2 aromatic rings. The zero-order valence-electron chi connectivity index (χ0n) is 17.4. The number of carbonyl (C=O) groups excluding carboxylic acids is 1. The Morgan fingerprint density at radius 2 is 1.69 bits per heavy atom. The van der Waals surface area contributed by atoms with Crippen LogP contribution in [0, 0.1) is 0 Å². The second-order valence-electron chi connectivity index (χ2n) is 6.68. The van der Waals surface area contributed by atoms with Crippen LogP contribution in [-0.2, 0) is 14.8 Å². The van der Waals surface area contributed by atoms with Crippen LogP contribution < -0.4 is 19.1 Å². The van der Waals surface area contributed by atoms with E-state index in [1.807, 2.05) is 31.2 Å². The minimum Gasteiger partial charge on any atom is -0.497 e. The predicted octanol–water partition coefficient (Wildman–Crippen LogP) is 3.13. The number of carbonyl (C=O) groups is 1. The Morgan fingerprint density at radius 3 is 2.21 bits per heavy atom. The molecular weight excluding hydrogens is 392 g/mol. The summed E-state index contributed by atoms with van der Waals surface area (Å²) < 4.78 is 36.4.